The third kappa shape index (κ3) is 3.50. The zero-order valence-electron chi connectivity index (χ0n) is 12.6. The normalized spacial score (nSPS) is 10.3. The smallest absolute Gasteiger partial charge is 0.276 e. The zero-order valence-corrected chi connectivity index (χ0v) is 12.6. The van der Waals surface area contributed by atoms with Crippen molar-refractivity contribution in [2.75, 3.05) is 18.4 Å². The molecule has 2 rings (SSSR count). The van der Waals surface area contributed by atoms with Crippen LogP contribution in [0.1, 0.15) is 26.5 Å². The number of para-hydroxylation sites is 1. The first kappa shape index (κ1) is 15.7. The van der Waals surface area contributed by atoms with E-state index < -0.39 is 0 Å². The third-order valence-electron chi connectivity index (χ3n) is 3.20. The van der Waals surface area contributed by atoms with Crippen LogP contribution in [0.5, 0.6) is 0 Å². The minimum absolute atomic E-state index is 0.279. The lowest BCUT2D eigenvalue weighted by molar-refractivity contribution is 0.0955. The van der Waals surface area contributed by atoms with E-state index >= 15 is 0 Å². The summed E-state index contributed by atoms with van der Waals surface area (Å²) in [5.41, 5.74) is 7.37. The monoisotopic (exact) mass is 301 g/mol. The van der Waals surface area contributed by atoms with Gasteiger partial charge in [-0.1, -0.05) is 12.1 Å². The molecule has 2 amide bonds. The Kier molecular flexibility index (Phi) is 4.90. The molecule has 1 aromatic heterocycles. The van der Waals surface area contributed by atoms with Crippen LogP contribution in [0.25, 0.3) is 0 Å². The van der Waals surface area contributed by atoms with E-state index in [1.54, 1.807) is 42.1 Å². The molecular weight excluding hydrogens is 282 g/mol. The molecule has 0 aliphatic rings. The highest BCUT2D eigenvalue weighted by atomic mass is 16.2. The molecule has 0 saturated heterocycles. The van der Waals surface area contributed by atoms with Gasteiger partial charge >= 0.3 is 0 Å². The number of carbonyl (C=O) groups is 2. The van der Waals surface area contributed by atoms with Crippen LogP contribution in [0.4, 0.5) is 5.69 Å². The number of nitrogens with two attached hydrogens (primary N) is 1. The van der Waals surface area contributed by atoms with E-state index in [0.717, 1.165) is 5.69 Å². The number of aromatic nitrogens is 2. The molecule has 0 atom stereocenters. The molecule has 0 bridgehead atoms. The maximum atomic E-state index is 12.2. The molecule has 2 aromatic rings. The fourth-order valence-corrected chi connectivity index (χ4v) is 1.93. The van der Waals surface area contributed by atoms with Gasteiger partial charge in [0.2, 0.25) is 0 Å². The number of aryl methyl sites for hydroxylation is 2. The summed E-state index contributed by atoms with van der Waals surface area (Å²) in [5.74, 6) is -0.638. The molecule has 22 heavy (non-hydrogen) atoms. The van der Waals surface area contributed by atoms with Gasteiger partial charge in [0.15, 0.2) is 5.69 Å². The van der Waals surface area contributed by atoms with Crippen LogP contribution in [-0.2, 0) is 7.05 Å². The third-order valence-corrected chi connectivity index (χ3v) is 3.20. The molecule has 0 radical (unpaired) electrons. The summed E-state index contributed by atoms with van der Waals surface area (Å²) < 4.78 is 1.62. The quantitative estimate of drug-likeness (QED) is 0.755. The van der Waals surface area contributed by atoms with Gasteiger partial charge in [-0.2, -0.15) is 5.10 Å². The number of hydrogen-bond donors (Lipinski definition) is 3. The van der Waals surface area contributed by atoms with Crippen molar-refractivity contribution in [1.82, 2.24) is 15.1 Å². The summed E-state index contributed by atoms with van der Waals surface area (Å²) in [5, 5.41) is 9.52. The van der Waals surface area contributed by atoms with E-state index in [9.17, 15) is 9.59 Å². The summed E-state index contributed by atoms with van der Waals surface area (Å²) in [6.45, 7) is 2.59. The minimum atomic E-state index is -0.359. The van der Waals surface area contributed by atoms with Gasteiger partial charge in [-0.3, -0.25) is 14.3 Å². The van der Waals surface area contributed by atoms with Crippen LogP contribution in [-0.4, -0.2) is 34.7 Å². The Morgan fingerprint density at radius 2 is 2.00 bits per heavy atom. The molecule has 0 spiro atoms. The van der Waals surface area contributed by atoms with Crippen molar-refractivity contribution in [3.05, 3.63) is 47.3 Å². The lowest BCUT2D eigenvalue weighted by Crippen LogP contribution is -2.30. The predicted octanol–water partition coefficient (Wildman–Crippen LogP) is 0.669. The molecule has 0 saturated carbocycles. The number of anilines is 1. The number of benzene rings is 1. The number of amides is 2. The summed E-state index contributed by atoms with van der Waals surface area (Å²) in [6, 6.07) is 8.49. The highest BCUT2D eigenvalue weighted by Gasteiger charge is 2.15. The van der Waals surface area contributed by atoms with Gasteiger partial charge in [-0.05, 0) is 25.1 Å². The van der Waals surface area contributed by atoms with E-state index in [-0.39, 0.29) is 11.8 Å². The van der Waals surface area contributed by atoms with Crippen LogP contribution < -0.4 is 16.4 Å². The highest BCUT2D eigenvalue weighted by molar-refractivity contribution is 6.08. The van der Waals surface area contributed by atoms with Crippen molar-refractivity contribution in [3.63, 3.8) is 0 Å². The van der Waals surface area contributed by atoms with Crippen molar-refractivity contribution >= 4 is 17.5 Å². The average Bonchev–Trinajstić information content (AvgIpc) is 2.85. The second-order valence-corrected chi connectivity index (χ2v) is 4.84. The fourth-order valence-electron chi connectivity index (χ4n) is 1.93. The van der Waals surface area contributed by atoms with Crippen LogP contribution in [0.3, 0.4) is 0 Å². The topological polar surface area (TPSA) is 102 Å². The van der Waals surface area contributed by atoms with Gasteiger partial charge < -0.3 is 16.4 Å². The van der Waals surface area contributed by atoms with Gasteiger partial charge in [-0.25, -0.2) is 0 Å². The second-order valence-electron chi connectivity index (χ2n) is 4.84. The van der Waals surface area contributed by atoms with Crippen molar-refractivity contribution in [3.8, 4) is 0 Å². The molecule has 0 unspecified atom stereocenters. The number of hydrogen-bond acceptors (Lipinski definition) is 4. The van der Waals surface area contributed by atoms with Crippen LogP contribution in [0.15, 0.2) is 30.3 Å². The lowest BCUT2D eigenvalue weighted by atomic mass is 10.1. The van der Waals surface area contributed by atoms with Gasteiger partial charge in [0.05, 0.1) is 11.3 Å². The maximum Gasteiger partial charge on any atom is 0.276 e. The zero-order chi connectivity index (χ0) is 16.1. The lowest BCUT2D eigenvalue weighted by Gasteiger charge is -2.10. The van der Waals surface area contributed by atoms with E-state index in [2.05, 4.69) is 15.7 Å². The first-order valence-corrected chi connectivity index (χ1v) is 6.92. The second kappa shape index (κ2) is 6.86. The van der Waals surface area contributed by atoms with E-state index in [1.807, 2.05) is 6.92 Å². The Hall–Kier alpha value is -2.67. The molecule has 7 nitrogen and oxygen atoms in total. The molecule has 7 heteroatoms. The van der Waals surface area contributed by atoms with E-state index in [4.69, 9.17) is 5.73 Å². The largest absolute Gasteiger partial charge is 0.351 e. The Morgan fingerprint density at radius 3 is 2.64 bits per heavy atom. The standard InChI is InChI=1S/C15H19N5O2/c1-10-9-13(19-20(10)2)15(22)18-12-6-4-3-5-11(12)14(21)17-8-7-16/h3-6,9H,7-8,16H2,1-2H3,(H,17,21)(H,18,22). The van der Waals surface area contributed by atoms with Gasteiger partial charge in [0, 0.05) is 25.8 Å². The van der Waals surface area contributed by atoms with Gasteiger partial charge in [0.1, 0.15) is 0 Å². The summed E-state index contributed by atoms with van der Waals surface area (Å²) >= 11 is 0. The molecule has 116 valence electrons. The number of nitrogens with zero attached hydrogens (tertiary/aromatic N) is 2. The molecular formula is C15H19N5O2. The Bertz CT molecular complexity index is 673. The Balaban J connectivity index is 2.19. The van der Waals surface area contributed by atoms with Crippen molar-refractivity contribution in [2.24, 2.45) is 12.8 Å². The van der Waals surface area contributed by atoms with Crippen LogP contribution in [0, 0.1) is 6.92 Å². The summed E-state index contributed by atoms with van der Waals surface area (Å²) in [4.78, 5) is 24.3. The molecule has 0 aliphatic carbocycles. The Labute approximate surface area is 128 Å². The van der Waals surface area contributed by atoms with Crippen molar-refractivity contribution in [2.45, 2.75) is 6.92 Å². The van der Waals surface area contributed by atoms with Crippen LogP contribution in [0.2, 0.25) is 0 Å². The molecule has 4 N–H and O–H groups in total. The van der Waals surface area contributed by atoms with Crippen molar-refractivity contribution < 1.29 is 9.59 Å². The SMILES string of the molecule is Cc1cc(C(=O)Nc2ccccc2C(=O)NCCN)nn1C. The summed E-state index contributed by atoms with van der Waals surface area (Å²) in [7, 11) is 1.76. The minimum Gasteiger partial charge on any atom is -0.351 e. The first-order chi connectivity index (χ1) is 10.5. The molecule has 1 heterocycles. The van der Waals surface area contributed by atoms with Crippen molar-refractivity contribution in [1.29, 1.82) is 0 Å². The first-order valence-electron chi connectivity index (χ1n) is 6.92. The number of rotatable bonds is 5. The number of carbonyl (C=O) groups excluding carboxylic acids is 2. The average molecular weight is 301 g/mol. The fraction of sp³-hybridized carbons (Fsp3) is 0.267. The van der Waals surface area contributed by atoms with E-state index in [1.165, 1.54) is 0 Å². The number of nitrogens with one attached hydrogen (secondary N) is 2. The van der Waals surface area contributed by atoms with Crippen LogP contribution >= 0.6 is 0 Å². The summed E-state index contributed by atoms with van der Waals surface area (Å²) in [6.07, 6.45) is 0. The van der Waals surface area contributed by atoms with Gasteiger partial charge in [0.25, 0.3) is 11.8 Å². The van der Waals surface area contributed by atoms with Gasteiger partial charge in [-0.15, -0.1) is 0 Å². The Morgan fingerprint density at radius 1 is 1.27 bits per heavy atom. The molecule has 1 aromatic carbocycles. The molecule has 0 fully saturated rings. The molecule has 0 aliphatic heterocycles. The van der Waals surface area contributed by atoms with E-state index in [0.29, 0.717) is 30.0 Å². The predicted molar refractivity (Wildman–Crippen MR) is 83.7 cm³/mol. The highest BCUT2D eigenvalue weighted by Crippen LogP contribution is 2.16. The maximum absolute atomic E-state index is 12.2.